The first kappa shape index (κ1) is 39.9. The number of hydrogen-bond donors (Lipinski definition) is 0. The molecule has 0 radical (unpaired) electrons. The van der Waals surface area contributed by atoms with Gasteiger partial charge in [-0.1, -0.05) is 79.5 Å². The van der Waals surface area contributed by atoms with Crippen molar-refractivity contribution in [3.63, 3.8) is 0 Å². The Balaban J connectivity index is 1.86. The van der Waals surface area contributed by atoms with Gasteiger partial charge >= 0.3 is 0 Å². The van der Waals surface area contributed by atoms with Crippen molar-refractivity contribution < 1.29 is 21.5 Å². The zero-order valence-corrected chi connectivity index (χ0v) is 34.4. The van der Waals surface area contributed by atoms with Crippen molar-refractivity contribution in [1.82, 2.24) is 0 Å². The van der Waals surface area contributed by atoms with Crippen molar-refractivity contribution in [3.05, 3.63) is 29.8 Å². The lowest BCUT2D eigenvalue weighted by molar-refractivity contribution is -0.0308. The van der Waals surface area contributed by atoms with E-state index in [4.69, 9.17) is 13.0 Å². The Hall–Kier alpha value is -0.516. The molecule has 0 heterocycles. The Morgan fingerprint density at radius 2 is 1.46 bits per heavy atom. The molecule has 2 saturated carbocycles. The Morgan fingerprint density at radius 1 is 0.891 bits per heavy atom. The van der Waals surface area contributed by atoms with Crippen molar-refractivity contribution in [2.45, 2.75) is 174 Å². The number of aryl methyl sites for hydroxylation is 1. The van der Waals surface area contributed by atoms with Gasteiger partial charge in [-0.05, 0) is 137 Å². The standard InChI is InChI=1S/C38H70O5SSi2/c1-12-45(13-2,14-3)42-36-19-18-27-38(11)34(24-25-35(36)38)31(8)32(26-28-37(9,10)43-46(15-4,16-5)17-6)29-41-44(39,40)33-22-20-30(7)21-23-33/h20-23,31-32,34-36H,12-19,24-29H2,1-11H3/t31-,32?,34?,35?,36-,38+/m0/s1. The third kappa shape index (κ3) is 9.18. The van der Waals surface area contributed by atoms with Crippen LogP contribution in [0.3, 0.4) is 0 Å². The van der Waals surface area contributed by atoms with Crippen LogP contribution in [-0.2, 0) is 23.2 Å². The molecule has 46 heavy (non-hydrogen) atoms. The SMILES string of the molecule is CC[Si](CC)(CC)O[C@H]1CCC[C@]2(C)C([C@@H](C)C(CCC(C)(C)O[Si](CC)(CC)CC)COS(=O)(=O)c3ccc(C)cc3)CCC12. The van der Waals surface area contributed by atoms with Crippen LogP contribution in [0.15, 0.2) is 29.2 Å². The summed E-state index contributed by atoms with van der Waals surface area (Å²) in [5.74, 6) is 1.59. The predicted octanol–water partition coefficient (Wildman–Crippen LogP) is 11.1. The molecule has 0 spiro atoms. The molecule has 0 amide bonds. The van der Waals surface area contributed by atoms with Gasteiger partial charge in [0.15, 0.2) is 16.6 Å². The first-order valence-corrected chi connectivity index (χ1v) is 25.4. The zero-order chi connectivity index (χ0) is 34.4. The molecule has 0 saturated heterocycles. The molecule has 0 bridgehead atoms. The van der Waals surface area contributed by atoms with E-state index in [-0.39, 0.29) is 28.4 Å². The van der Waals surface area contributed by atoms with Gasteiger partial charge in [-0.15, -0.1) is 0 Å². The largest absolute Gasteiger partial charge is 0.414 e. The second-order valence-corrected chi connectivity index (χ2v) is 26.9. The average molecular weight is 695 g/mol. The molecule has 3 unspecified atom stereocenters. The van der Waals surface area contributed by atoms with Crippen LogP contribution in [0.2, 0.25) is 36.3 Å². The van der Waals surface area contributed by atoms with Gasteiger partial charge in [-0.25, -0.2) is 0 Å². The Labute approximate surface area is 286 Å². The monoisotopic (exact) mass is 694 g/mol. The smallest absolute Gasteiger partial charge is 0.296 e. The van der Waals surface area contributed by atoms with Gasteiger partial charge in [0.1, 0.15) is 0 Å². The van der Waals surface area contributed by atoms with Gasteiger partial charge in [0.25, 0.3) is 10.1 Å². The summed E-state index contributed by atoms with van der Waals surface area (Å²) in [6.45, 7) is 25.5. The summed E-state index contributed by atoms with van der Waals surface area (Å²) >= 11 is 0. The van der Waals surface area contributed by atoms with E-state index in [0.29, 0.717) is 23.9 Å². The van der Waals surface area contributed by atoms with Crippen LogP contribution in [0.25, 0.3) is 0 Å². The van der Waals surface area contributed by atoms with Gasteiger partial charge < -0.3 is 8.85 Å². The van der Waals surface area contributed by atoms with Crippen LogP contribution in [0.1, 0.15) is 120 Å². The molecule has 1 aromatic carbocycles. The van der Waals surface area contributed by atoms with Crippen LogP contribution < -0.4 is 0 Å². The van der Waals surface area contributed by atoms with Crippen molar-refractivity contribution in [2.75, 3.05) is 6.61 Å². The zero-order valence-electron chi connectivity index (χ0n) is 31.5. The van der Waals surface area contributed by atoms with Crippen LogP contribution in [-0.4, -0.2) is 43.4 Å². The van der Waals surface area contributed by atoms with Gasteiger partial charge in [0.05, 0.1) is 17.1 Å². The average Bonchev–Trinajstić information content (AvgIpc) is 3.40. The highest BCUT2D eigenvalue weighted by Crippen LogP contribution is 2.60. The van der Waals surface area contributed by atoms with Gasteiger partial charge in [0.2, 0.25) is 0 Å². The van der Waals surface area contributed by atoms with Crippen LogP contribution in [0.5, 0.6) is 0 Å². The lowest BCUT2D eigenvalue weighted by atomic mass is 9.60. The number of hydrogen-bond acceptors (Lipinski definition) is 5. The topological polar surface area (TPSA) is 61.8 Å². The molecular formula is C38H70O5SSi2. The maximum atomic E-state index is 13.4. The first-order valence-electron chi connectivity index (χ1n) is 18.9. The van der Waals surface area contributed by atoms with E-state index in [0.717, 1.165) is 36.5 Å². The summed E-state index contributed by atoms with van der Waals surface area (Å²) in [6.07, 6.45) is 8.26. The van der Waals surface area contributed by atoms with E-state index in [1.807, 2.05) is 19.1 Å². The van der Waals surface area contributed by atoms with E-state index in [2.05, 4.69) is 69.2 Å². The highest BCUT2D eigenvalue weighted by Gasteiger charge is 2.55. The molecule has 0 N–H and O–H groups in total. The quantitative estimate of drug-likeness (QED) is 0.107. The molecule has 2 aliphatic carbocycles. The number of benzene rings is 1. The second kappa shape index (κ2) is 16.5. The summed E-state index contributed by atoms with van der Waals surface area (Å²) in [6, 6.07) is 14.0. The molecule has 3 rings (SSSR count). The van der Waals surface area contributed by atoms with Gasteiger partial charge in [-0.3, -0.25) is 4.18 Å². The molecular weight excluding hydrogens is 625 g/mol. The minimum absolute atomic E-state index is 0.126. The van der Waals surface area contributed by atoms with Crippen LogP contribution >= 0.6 is 0 Å². The molecule has 0 aromatic heterocycles. The molecule has 0 aliphatic heterocycles. The third-order valence-electron chi connectivity index (χ3n) is 13.1. The Kier molecular flexibility index (Phi) is 14.3. The van der Waals surface area contributed by atoms with Crippen LogP contribution in [0.4, 0.5) is 0 Å². The summed E-state index contributed by atoms with van der Waals surface area (Å²) in [4.78, 5) is 0.244. The fraction of sp³-hybridized carbons (Fsp3) is 0.842. The van der Waals surface area contributed by atoms with Crippen molar-refractivity contribution in [2.24, 2.45) is 29.1 Å². The summed E-state index contributed by atoms with van der Waals surface area (Å²) in [5, 5.41) is 0. The van der Waals surface area contributed by atoms with Crippen molar-refractivity contribution in [3.8, 4) is 0 Å². The van der Waals surface area contributed by atoms with E-state index >= 15 is 0 Å². The summed E-state index contributed by atoms with van der Waals surface area (Å²) in [5.41, 5.74) is 1.00. The third-order valence-corrected chi connectivity index (χ3v) is 24.0. The number of rotatable bonds is 19. The molecule has 6 atom stereocenters. The fourth-order valence-corrected chi connectivity index (χ4v) is 16.5. The molecule has 1 aromatic rings. The summed E-state index contributed by atoms with van der Waals surface area (Å²) in [7, 11) is -7.32. The molecule has 2 fully saturated rings. The minimum atomic E-state index is -3.84. The highest BCUT2D eigenvalue weighted by atomic mass is 32.2. The van der Waals surface area contributed by atoms with E-state index in [1.54, 1.807) is 12.1 Å². The van der Waals surface area contributed by atoms with Gasteiger partial charge in [0, 0.05) is 6.10 Å². The minimum Gasteiger partial charge on any atom is -0.414 e. The lowest BCUT2D eigenvalue weighted by Crippen LogP contribution is -2.49. The van der Waals surface area contributed by atoms with E-state index in [1.165, 1.54) is 50.2 Å². The van der Waals surface area contributed by atoms with Crippen molar-refractivity contribution in [1.29, 1.82) is 0 Å². The maximum absolute atomic E-state index is 13.4. The Bertz CT molecular complexity index is 1160. The second-order valence-electron chi connectivity index (χ2n) is 15.9. The molecule has 266 valence electrons. The maximum Gasteiger partial charge on any atom is 0.296 e. The van der Waals surface area contributed by atoms with E-state index < -0.39 is 26.8 Å². The van der Waals surface area contributed by atoms with Crippen molar-refractivity contribution >= 4 is 26.8 Å². The Morgan fingerprint density at radius 3 is 2.00 bits per heavy atom. The normalized spacial score (nSPS) is 25.8. The number of fused-ring (bicyclic) bond motifs is 1. The molecule has 2 aliphatic rings. The molecule has 5 nitrogen and oxygen atoms in total. The van der Waals surface area contributed by atoms with E-state index in [9.17, 15) is 8.42 Å². The highest BCUT2D eigenvalue weighted by molar-refractivity contribution is 7.86. The first-order chi connectivity index (χ1) is 21.6. The fourth-order valence-electron chi connectivity index (χ4n) is 9.40. The van der Waals surface area contributed by atoms with Crippen LogP contribution in [0, 0.1) is 36.0 Å². The lowest BCUT2D eigenvalue weighted by Gasteiger charge is -2.49. The summed E-state index contributed by atoms with van der Waals surface area (Å²) < 4.78 is 47.0. The molecule has 8 heteroatoms. The predicted molar refractivity (Wildman–Crippen MR) is 199 cm³/mol. The van der Waals surface area contributed by atoms with Gasteiger partial charge in [-0.2, -0.15) is 8.42 Å².